The fourth-order valence-corrected chi connectivity index (χ4v) is 5.21. The van der Waals surface area contributed by atoms with Crippen LogP contribution in [0.1, 0.15) is 33.4 Å². The summed E-state index contributed by atoms with van der Waals surface area (Å²) in [6, 6.07) is 23.6. The molecule has 248 valence electrons. The smallest absolute Gasteiger partial charge is 0.336 e. The van der Waals surface area contributed by atoms with Gasteiger partial charge < -0.3 is 39.5 Å². The van der Waals surface area contributed by atoms with Gasteiger partial charge in [0.15, 0.2) is 5.43 Å². The second-order valence-electron chi connectivity index (χ2n) is 10.5. The van der Waals surface area contributed by atoms with Crippen LogP contribution in [0.25, 0.3) is 44.4 Å². The molecule has 0 unspecified atom stereocenters. The molecule has 0 spiro atoms. The number of fused-ring (bicyclic) bond motifs is 2. The summed E-state index contributed by atoms with van der Waals surface area (Å²) in [4.78, 5) is 24.0. The maximum atomic E-state index is 12.4. The van der Waals surface area contributed by atoms with Gasteiger partial charge in [-0.05, 0) is 63.2 Å². The first-order chi connectivity index (χ1) is 22.3. The van der Waals surface area contributed by atoms with Crippen LogP contribution < -0.4 is 11.1 Å². The molecule has 0 bridgehead atoms. The first-order valence-corrected chi connectivity index (χ1v) is 14.4. The molecule has 16 heteroatoms. The van der Waals surface area contributed by atoms with Crippen LogP contribution >= 0.6 is 0 Å². The van der Waals surface area contributed by atoms with Crippen LogP contribution in [0.3, 0.4) is 0 Å². The topological polar surface area (TPSA) is 182 Å². The zero-order chi connectivity index (χ0) is 32.8. The molecule has 0 aliphatic carbocycles. The van der Waals surface area contributed by atoms with Crippen LogP contribution in [-0.2, 0) is 39.6 Å². The van der Waals surface area contributed by atoms with Crippen molar-refractivity contribution in [2.75, 3.05) is 0 Å². The minimum Gasteiger partial charge on any atom is -0.455 e. The van der Waals surface area contributed by atoms with E-state index in [1.165, 1.54) is 12.1 Å². The van der Waals surface area contributed by atoms with Gasteiger partial charge in [0.2, 0.25) is 0 Å². The predicted octanol–water partition coefficient (Wildman–Crippen LogP) is 3.87. The first kappa shape index (κ1) is 43.2. The minimum atomic E-state index is -0.543. The molecule has 0 atom stereocenters. The third-order valence-electron chi connectivity index (χ3n) is 7.56. The molecule has 0 saturated heterocycles. The zero-order valence-corrected chi connectivity index (χ0v) is 67.7. The second kappa shape index (κ2) is 17.5. The summed E-state index contributed by atoms with van der Waals surface area (Å²) in [7, 11) is 0. The molecule has 0 radical (unpaired) electrons. The van der Waals surface area contributed by atoms with Gasteiger partial charge in [0.1, 0.15) is 16.9 Å². The summed E-state index contributed by atoms with van der Waals surface area (Å²) in [5.74, 6) is 0.387. The normalized spacial score (nSPS) is 9.81. The van der Waals surface area contributed by atoms with Gasteiger partial charge in [-0.25, -0.2) is 4.79 Å². The third-order valence-corrected chi connectivity index (χ3v) is 7.56. The standard InChI is InChI=1S/2C18H16O5.6Sg/c19-8-11-1-3-13(4-2-11)17-7-16(22)15-6-12(9-20)5-14(10-21)18(15)23-17;19-8-11-1-3-12(4-2-11)13-5-14(9-20)18-15(10-21)7-17(22)23-16(18)6-13;;;;;;/h2*1-7,19-21H,8-10H2;;;;;;. The fraction of sp³-hybridized carbons (Fsp3) is 0.167. The summed E-state index contributed by atoms with van der Waals surface area (Å²) in [5, 5.41) is 56.9. The molecule has 2 aromatic heterocycles. The van der Waals surface area contributed by atoms with Crippen LogP contribution in [0.2, 0.25) is 0 Å². The quantitative estimate of drug-likeness (QED) is 0.123. The van der Waals surface area contributed by atoms with Crippen molar-refractivity contribution >= 4 is 21.9 Å². The Morgan fingerprint density at radius 3 is 1.44 bits per heavy atom. The van der Waals surface area contributed by atoms with Gasteiger partial charge in [-0.2, -0.15) is 0 Å². The Hall–Kier alpha value is -10.9. The molecule has 6 N–H and O–H groups in total. The molecule has 6 rings (SSSR count). The first-order valence-electron chi connectivity index (χ1n) is 14.4. The average molecular weight is 2240 g/mol. The van der Waals surface area contributed by atoms with Crippen molar-refractivity contribution in [3.63, 3.8) is 0 Å². The summed E-state index contributed by atoms with van der Waals surface area (Å²) < 4.78 is 11.1. The molecule has 2 heterocycles. The Balaban J connectivity index is 0. The average Bonchev–Trinajstić information content (AvgIpc) is 3.10. The van der Waals surface area contributed by atoms with Crippen molar-refractivity contribution in [3.05, 3.63) is 139 Å². The van der Waals surface area contributed by atoms with E-state index in [2.05, 4.69) is 0 Å². The molecular formula is C36H32O10Sg6. The van der Waals surface area contributed by atoms with Crippen LogP contribution in [0.5, 0.6) is 0 Å². The Morgan fingerprint density at radius 2 is 0.942 bits per heavy atom. The Bertz CT molecular complexity index is 2120. The monoisotopic (exact) mass is 2250 g/mol. The van der Waals surface area contributed by atoms with Gasteiger partial charge in [0, 0.05) is 28.6 Å². The van der Waals surface area contributed by atoms with E-state index in [1.54, 1.807) is 60.7 Å². The number of rotatable bonds is 8. The maximum absolute atomic E-state index is 12.4. The van der Waals surface area contributed by atoms with E-state index >= 15 is 0 Å². The second-order valence-corrected chi connectivity index (χ2v) is 10.5. The Kier molecular flexibility index (Phi) is 14.6. The van der Waals surface area contributed by atoms with Gasteiger partial charge in [-0.3, -0.25) is 4.79 Å². The van der Waals surface area contributed by atoms with Gasteiger partial charge in [-0.15, -0.1) is 0 Å². The number of aliphatic hydroxyl groups excluding tert-OH is 6. The third kappa shape index (κ3) is 7.82. The van der Waals surface area contributed by atoms with E-state index < -0.39 is 5.63 Å². The van der Waals surface area contributed by atoms with E-state index in [9.17, 15) is 30.0 Å². The van der Waals surface area contributed by atoms with Crippen molar-refractivity contribution in [3.8, 4) is 22.5 Å². The van der Waals surface area contributed by atoms with Crippen LogP contribution in [0.4, 0.5) is 0 Å². The molecule has 6 aromatic rings. The number of hydrogen-bond donors (Lipinski definition) is 6. The van der Waals surface area contributed by atoms with Crippen LogP contribution in [0.15, 0.2) is 103 Å². The molecule has 0 fully saturated rings. The molecule has 0 amide bonds. The molecule has 52 heavy (non-hydrogen) atoms. The van der Waals surface area contributed by atoms with E-state index in [0.29, 0.717) is 55.5 Å². The summed E-state index contributed by atoms with van der Waals surface area (Å²) in [5.41, 5.74) is 5.80. The SMILES string of the molecule is O=c1cc(-c2ccc(CO)cc2)oc2c(CO)cc(CO)cc12.O=c1cc(CO)c2c(CO)cc(-c3ccc(CO)cc3)cc2o1.[Sg].[Sg].[Sg].[Sg].[Sg].[Sg]. The van der Waals surface area contributed by atoms with E-state index in [4.69, 9.17) is 19.0 Å². The van der Waals surface area contributed by atoms with Crippen molar-refractivity contribution in [1.29, 1.82) is 0 Å². The fourth-order valence-electron chi connectivity index (χ4n) is 5.21. The summed E-state index contributed by atoms with van der Waals surface area (Å²) in [6.07, 6.45) is 0. The Labute approximate surface area is 262 Å². The van der Waals surface area contributed by atoms with Crippen molar-refractivity contribution < 1.29 is 39.5 Å². The van der Waals surface area contributed by atoms with Crippen LogP contribution in [0, 0.1) is 0 Å². The molecule has 4 aromatic carbocycles. The number of aliphatic hydroxyl groups is 6. The van der Waals surface area contributed by atoms with E-state index in [1.807, 2.05) is 12.1 Å². The van der Waals surface area contributed by atoms with Crippen LogP contribution in [-0.4, -0.2) is 30.6 Å². The minimum absolute atomic E-state index is 0. The maximum Gasteiger partial charge on any atom is 0.336 e. The molecule has 10 nitrogen and oxygen atoms in total. The number of hydrogen-bond acceptors (Lipinski definition) is 10. The van der Waals surface area contributed by atoms with Crippen molar-refractivity contribution in [2.24, 2.45) is 0 Å². The van der Waals surface area contributed by atoms with Crippen molar-refractivity contribution in [1.82, 2.24) is 0 Å². The summed E-state index contributed by atoms with van der Waals surface area (Å²) >= 11 is 0. The largest absolute Gasteiger partial charge is 0.455 e. The van der Waals surface area contributed by atoms with Gasteiger partial charge in [0.25, 0.3) is 0 Å². The molecular weight excluding hydrogens is 2210 g/mol. The van der Waals surface area contributed by atoms with E-state index in [0.717, 1.165) is 22.3 Å². The Morgan fingerprint density at radius 1 is 0.442 bits per heavy atom. The molecule has 0 saturated carbocycles. The van der Waals surface area contributed by atoms with Gasteiger partial charge in [0.05, 0.1) is 45.0 Å². The predicted molar refractivity (Wildman–Crippen MR) is 171 cm³/mol. The molecule has 0 aliphatic rings. The molecule has 0 aliphatic heterocycles. The number of benzene rings is 4. The van der Waals surface area contributed by atoms with Crippen molar-refractivity contribution in [2.45, 2.75) is 39.6 Å². The van der Waals surface area contributed by atoms with Gasteiger partial charge in [-0.1, -0.05) is 48.5 Å². The van der Waals surface area contributed by atoms with E-state index in [-0.39, 0.29) is 45.1 Å². The van der Waals surface area contributed by atoms with Gasteiger partial charge >= 0.3 is 5.63 Å². The zero-order valence-electron chi connectivity index (χ0n) is 28.9. The summed E-state index contributed by atoms with van der Waals surface area (Å²) in [6.45, 7) is -1.14.